The third-order valence-electron chi connectivity index (χ3n) is 3.51. The molecule has 0 bridgehead atoms. The van der Waals surface area contributed by atoms with Crippen molar-refractivity contribution < 1.29 is 13.7 Å². The van der Waals surface area contributed by atoms with Gasteiger partial charge in [-0.3, -0.25) is 9.59 Å². The average Bonchev–Trinajstić information content (AvgIpc) is 2.99. The smallest absolute Gasteiger partial charge is 0.287 e. The van der Waals surface area contributed by atoms with Crippen LogP contribution in [0.15, 0.2) is 50.1 Å². The molecule has 1 aromatic carbocycles. The first-order chi connectivity index (χ1) is 11.5. The fraction of sp³-hybridized carbons (Fsp3) is 0.278. The molecule has 0 fully saturated rings. The van der Waals surface area contributed by atoms with Crippen LogP contribution in [0, 0.1) is 5.92 Å². The van der Waals surface area contributed by atoms with E-state index in [1.54, 1.807) is 24.3 Å². The van der Waals surface area contributed by atoms with Gasteiger partial charge in [0.1, 0.15) is 5.58 Å². The third kappa shape index (κ3) is 3.53. The van der Waals surface area contributed by atoms with Gasteiger partial charge in [0, 0.05) is 12.1 Å². The molecule has 3 rings (SSSR count). The molecule has 1 amide bonds. The number of nitrogens with zero attached hydrogens (tertiary/aromatic N) is 1. The van der Waals surface area contributed by atoms with Crippen LogP contribution >= 0.6 is 0 Å². The molecule has 0 radical (unpaired) electrons. The van der Waals surface area contributed by atoms with Gasteiger partial charge in [-0.2, -0.15) is 0 Å². The molecule has 6 nitrogen and oxygen atoms in total. The highest BCUT2D eigenvalue weighted by Crippen LogP contribution is 2.12. The predicted molar refractivity (Wildman–Crippen MR) is 88.7 cm³/mol. The summed E-state index contributed by atoms with van der Waals surface area (Å²) in [4.78, 5) is 24.2. The number of fused-ring (bicyclic) bond motifs is 1. The SMILES string of the molecule is CC(C)Cc1cc(CNC(=O)c2cc(=O)c3ccccc3o2)on1. The van der Waals surface area contributed by atoms with Crippen LogP contribution in [0.1, 0.15) is 35.9 Å². The van der Waals surface area contributed by atoms with Crippen molar-refractivity contribution in [1.82, 2.24) is 10.5 Å². The van der Waals surface area contributed by atoms with Crippen LogP contribution < -0.4 is 10.7 Å². The molecule has 6 heteroatoms. The molecule has 0 spiro atoms. The Hall–Kier alpha value is -2.89. The van der Waals surface area contributed by atoms with Gasteiger partial charge in [-0.25, -0.2) is 0 Å². The molecular weight excluding hydrogens is 308 g/mol. The van der Waals surface area contributed by atoms with Gasteiger partial charge in [0.15, 0.2) is 16.9 Å². The second-order valence-corrected chi connectivity index (χ2v) is 6.04. The maximum Gasteiger partial charge on any atom is 0.287 e. The Morgan fingerprint density at radius 1 is 1.25 bits per heavy atom. The zero-order valence-corrected chi connectivity index (χ0v) is 13.5. The van der Waals surface area contributed by atoms with Gasteiger partial charge in [0.2, 0.25) is 0 Å². The third-order valence-corrected chi connectivity index (χ3v) is 3.51. The second-order valence-electron chi connectivity index (χ2n) is 6.04. The van der Waals surface area contributed by atoms with Crippen molar-refractivity contribution in [2.75, 3.05) is 0 Å². The number of amides is 1. The zero-order chi connectivity index (χ0) is 17.1. The Labute approximate surface area is 138 Å². The summed E-state index contributed by atoms with van der Waals surface area (Å²) in [5.41, 5.74) is 0.987. The average molecular weight is 326 g/mol. The maximum atomic E-state index is 12.2. The lowest BCUT2D eigenvalue weighted by atomic mass is 10.1. The molecule has 0 aliphatic heterocycles. The van der Waals surface area contributed by atoms with E-state index < -0.39 is 5.91 Å². The van der Waals surface area contributed by atoms with E-state index in [4.69, 9.17) is 8.94 Å². The molecule has 0 saturated carbocycles. The van der Waals surface area contributed by atoms with E-state index in [0.29, 0.717) is 22.6 Å². The molecule has 0 aliphatic carbocycles. The van der Waals surface area contributed by atoms with Crippen LogP contribution in [0.2, 0.25) is 0 Å². The summed E-state index contributed by atoms with van der Waals surface area (Å²) in [6.07, 6.45) is 0.816. The van der Waals surface area contributed by atoms with Crippen LogP contribution in [0.3, 0.4) is 0 Å². The van der Waals surface area contributed by atoms with Crippen molar-refractivity contribution in [3.8, 4) is 0 Å². The van der Waals surface area contributed by atoms with E-state index in [1.807, 2.05) is 6.07 Å². The van der Waals surface area contributed by atoms with Gasteiger partial charge in [-0.1, -0.05) is 31.1 Å². The molecule has 3 aromatic rings. The molecule has 2 heterocycles. The Balaban J connectivity index is 1.71. The van der Waals surface area contributed by atoms with Gasteiger partial charge in [-0.15, -0.1) is 0 Å². The van der Waals surface area contributed by atoms with Gasteiger partial charge in [-0.05, 0) is 24.5 Å². The van der Waals surface area contributed by atoms with Crippen molar-refractivity contribution in [3.63, 3.8) is 0 Å². The summed E-state index contributed by atoms with van der Waals surface area (Å²) in [5.74, 6) is 0.534. The fourth-order valence-electron chi connectivity index (χ4n) is 2.42. The van der Waals surface area contributed by atoms with Crippen LogP contribution in [0.4, 0.5) is 0 Å². The number of para-hydroxylation sites is 1. The first kappa shape index (κ1) is 16.0. The number of carbonyl (C=O) groups is 1. The summed E-state index contributed by atoms with van der Waals surface area (Å²) in [7, 11) is 0. The van der Waals surface area contributed by atoms with Gasteiger partial charge < -0.3 is 14.3 Å². The number of hydrogen-bond donors (Lipinski definition) is 1. The summed E-state index contributed by atoms with van der Waals surface area (Å²) in [6.45, 7) is 4.37. The van der Waals surface area contributed by atoms with E-state index >= 15 is 0 Å². The van der Waals surface area contributed by atoms with Crippen LogP contribution in [-0.4, -0.2) is 11.1 Å². The second kappa shape index (κ2) is 6.70. The largest absolute Gasteiger partial charge is 0.451 e. The summed E-state index contributed by atoms with van der Waals surface area (Å²) in [6, 6.07) is 9.82. The summed E-state index contributed by atoms with van der Waals surface area (Å²) < 4.78 is 10.7. The molecule has 0 atom stereocenters. The lowest BCUT2D eigenvalue weighted by Crippen LogP contribution is -2.23. The predicted octanol–water partition coefficient (Wildman–Crippen LogP) is 2.91. The highest BCUT2D eigenvalue weighted by atomic mass is 16.5. The van der Waals surface area contributed by atoms with Crippen LogP contribution in [0.5, 0.6) is 0 Å². The highest BCUT2D eigenvalue weighted by Gasteiger charge is 2.13. The van der Waals surface area contributed by atoms with Crippen molar-refractivity contribution in [2.24, 2.45) is 5.92 Å². The first-order valence-electron chi connectivity index (χ1n) is 7.78. The number of nitrogens with one attached hydrogen (secondary N) is 1. The Morgan fingerprint density at radius 2 is 2.04 bits per heavy atom. The molecule has 1 N–H and O–H groups in total. The molecule has 2 aromatic heterocycles. The Morgan fingerprint density at radius 3 is 2.83 bits per heavy atom. The minimum Gasteiger partial charge on any atom is -0.451 e. The molecular formula is C18H18N2O4. The topological polar surface area (TPSA) is 85.3 Å². The number of aromatic nitrogens is 1. The monoisotopic (exact) mass is 326 g/mol. The van der Waals surface area contributed by atoms with Crippen molar-refractivity contribution in [2.45, 2.75) is 26.8 Å². The van der Waals surface area contributed by atoms with Gasteiger partial charge >= 0.3 is 0 Å². The fourth-order valence-corrected chi connectivity index (χ4v) is 2.42. The highest BCUT2D eigenvalue weighted by molar-refractivity contribution is 5.93. The number of benzene rings is 1. The van der Waals surface area contributed by atoms with Gasteiger partial charge in [0.05, 0.1) is 17.6 Å². The quantitative estimate of drug-likeness (QED) is 0.779. The number of carbonyl (C=O) groups excluding carboxylic acids is 1. The summed E-state index contributed by atoms with van der Waals surface area (Å²) >= 11 is 0. The minimum atomic E-state index is -0.473. The van der Waals surface area contributed by atoms with E-state index in [2.05, 4.69) is 24.3 Å². The van der Waals surface area contributed by atoms with E-state index in [9.17, 15) is 9.59 Å². The number of hydrogen-bond acceptors (Lipinski definition) is 5. The van der Waals surface area contributed by atoms with Crippen molar-refractivity contribution in [3.05, 3.63) is 63.8 Å². The maximum absolute atomic E-state index is 12.2. The Bertz CT molecular complexity index is 924. The molecule has 0 unspecified atom stereocenters. The molecule has 124 valence electrons. The lowest BCUT2D eigenvalue weighted by molar-refractivity contribution is 0.0920. The molecule has 24 heavy (non-hydrogen) atoms. The van der Waals surface area contributed by atoms with Crippen molar-refractivity contribution in [1.29, 1.82) is 0 Å². The Kier molecular flexibility index (Phi) is 4.46. The molecule has 0 aliphatic rings. The summed E-state index contributed by atoms with van der Waals surface area (Å²) in [5, 5.41) is 7.08. The van der Waals surface area contributed by atoms with E-state index in [0.717, 1.165) is 12.1 Å². The lowest BCUT2D eigenvalue weighted by Gasteiger charge is -2.03. The van der Waals surface area contributed by atoms with E-state index in [1.165, 1.54) is 6.07 Å². The zero-order valence-electron chi connectivity index (χ0n) is 13.5. The standard InChI is InChI=1S/C18H18N2O4/c1-11(2)7-12-8-13(24-20-12)10-19-18(22)17-9-15(21)14-5-3-4-6-16(14)23-17/h3-6,8-9,11H,7,10H2,1-2H3,(H,19,22). The van der Waals surface area contributed by atoms with E-state index in [-0.39, 0.29) is 17.7 Å². The number of rotatable bonds is 5. The van der Waals surface area contributed by atoms with Crippen LogP contribution in [-0.2, 0) is 13.0 Å². The first-order valence-corrected chi connectivity index (χ1v) is 7.78. The normalized spacial score (nSPS) is 11.1. The van der Waals surface area contributed by atoms with Crippen LogP contribution in [0.25, 0.3) is 11.0 Å². The van der Waals surface area contributed by atoms with Crippen molar-refractivity contribution >= 4 is 16.9 Å². The minimum absolute atomic E-state index is 0.0272. The van der Waals surface area contributed by atoms with Gasteiger partial charge in [0.25, 0.3) is 5.91 Å². The molecule has 0 saturated heterocycles.